The van der Waals surface area contributed by atoms with Gasteiger partial charge in [-0.05, 0) is 6.07 Å². The SMILES string of the molecule is OC(CNc1cc(F)c(F)cc1F)c1ccccc1Cl. The molecule has 0 spiro atoms. The van der Waals surface area contributed by atoms with Crippen molar-refractivity contribution in [3.05, 3.63) is 64.4 Å². The molecule has 0 saturated heterocycles. The van der Waals surface area contributed by atoms with Crippen molar-refractivity contribution in [3.63, 3.8) is 0 Å². The number of benzene rings is 2. The maximum atomic E-state index is 13.4. The van der Waals surface area contributed by atoms with Crippen molar-refractivity contribution in [1.82, 2.24) is 0 Å². The van der Waals surface area contributed by atoms with Gasteiger partial charge in [0.1, 0.15) is 5.82 Å². The molecule has 1 atom stereocenters. The molecule has 0 bridgehead atoms. The molecule has 0 fully saturated rings. The maximum Gasteiger partial charge on any atom is 0.161 e. The van der Waals surface area contributed by atoms with E-state index in [1.807, 2.05) is 0 Å². The van der Waals surface area contributed by atoms with E-state index in [1.165, 1.54) is 0 Å². The van der Waals surface area contributed by atoms with Crippen molar-refractivity contribution in [2.75, 3.05) is 11.9 Å². The van der Waals surface area contributed by atoms with Gasteiger partial charge in [0.05, 0.1) is 11.8 Å². The Labute approximate surface area is 118 Å². The maximum absolute atomic E-state index is 13.4. The Balaban J connectivity index is 2.09. The van der Waals surface area contributed by atoms with E-state index in [9.17, 15) is 18.3 Å². The summed E-state index contributed by atoms with van der Waals surface area (Å²) in [6.07, 6.45) is -1.00. The van der Waals surface area contributed by atoms with Crippen LogP contribution in [0.3, 0.4) is 0 Å². The van der Waals surface area contributed by atoms with Gasteiger partial charge in [-0.2, -0.15) is 0 Å². The molecule has 0 heterocycles. The number of hydrogen-bond acceptors (Lipinski definition) is 2. The fourth-order valence-corrected chi connectivity index (χ4v) is 1.98. The van der Waals surface area contributed by atoms with Crippen LogP contribution in [0, 0.1) is 17.5 Å². The van der Waals surface area contributed by atoms with E-state index in [0.717, 1.165) is 0 Å². The fraction of sp³-hybridized carbons (Fsp3) is 0.143. The average Bonchev–Trinajstić information content (AvgIpc) is 2.41. The zero-order valence-electron chi connectivity index (χ0n) is 10.2. The van der Waals surface area contributed by atoms with Crippen LogP contribution in [0.15, 0.2) is 36.4 Å². The molecule has 106 valence electrons. The van der Waals surface area contributed by atoms with E-state index in [2.05, 4.69) is 5.32 Å². The second kappa shape index (κ2) is 6.15. The smallest absolute Gasteiger partial charge is 0.161 e. The predicted octanol–water partition coefficient (Wildman–Crippen LogP) is 3.90. The molecule has 2 rings (SSSR count). The summed E-state index contributed by atoms with van der Waals surface area (Å²) in [7, 11) is 0. The lowest BCUT2D eigenvalue weighted by atomic mass is 10.1. The molecule has 0 aromatic heterocycles. The van der Waals surface area contributed by atoms with Crippen LogP contribution in [0.4, 0.5) is 18.9 Å². The van der Waals surface area contributed by atoms with Crippen LogP contribution >= 0.6 is 11.6 Å². The summed E-state index contributed by atoms with van der Waals surface area (Å²) in [5.74, 6) is -3.36. The van der Waals surface area contributed by atoms with Gasteiger partial charge >= 0.3 is 0 Å². The Morgan fingerprint density at radius 1 is 1.05 bits per heavy atom. The molecule has 2 nitrogen and oxygen atoms in total. The predicted molar refractivity (Wildman–Crippen MR) is 71.2 cm³/mol. The molecule has 6 heteroatoms. The molecule has 0 radical (unpaired) electrons. The third kappa shape index (κ3) is 3.23. The van der Waals surface area contributed by atoms with Crippen LogP contribution in [0.25, 0.3) is 0 Å². The van der Waals surface area contributed by atoms with E-state index in [-0.39, 0.29) is 12.2 Å². The Kier molecular flexibility index (Phi) is 4.52. The summed E-state index contributed by atoms with van der Waals surface area (Å²) < 4.78 is 39.2. The van der Waals surface area contributed by atoms with Crippen LogP contribution in [0.5, 0.6) is 0 Å². The summed E-state index contributed by atoms with van der Waals surface area (Å²) in [5, 5.41) is 12.8. The van der Waals surface area contributed by atoms with Crippen LogP contribution in [-0.4, -0.2) is 11.7 Å². The van der Waals surface area contributed by atoms with E-state index in [4.69, 9.17) is 11.6 Å². The van der Waals surface area contributed by atoms with Crippen LogP contribution in [0.2, 0.25) is 5.02 Å². The van der Waals surface area contributed by atoms with Crippen molar-refractivity contribution >= 4 is 17.3 Å². The number of nitrogens with one attached hydrogen (secondary N) is 1. The van der Waals surface area contributed by atoms with E-state index >= 15 is 0 Å². The third-order valence-corrected chi connectivity index (χ3v) is 3.10. The zero-order chi connectivity index (χ0) is 14.7. The summed E-state index contributed by atoms with van der Waals surface area (Å²) in [6, 6.07) is 7.78. The second-order valence-electron chi connectivity index (χ2n) is 4.16. The van der Waals surface area contributed by atoms with Gasteiger partial charge in [0, 0.05) is 29.3 Å². The quantitative estimate of drug-likeness (QED) is 0.839. The van der Waals surface area contributed by atoms with Gasteiger partial charge < -0.3 is 10.4 Å². The Hall–Kier alpha value is -1.72. The Morgan fingerprint density at radius 2 is 1.70 bits per heavy atom. The van der Waals surface area contributed by atoms with Gasteiger partial charge in [-0.15, -0.1) is 0 Å². The highest BCUT2D eigenvalue weighted by atomic mass is 35.5. The molecule has 0 aliphatic carbocycles. The lowest BCUT2D eigenvalue weighted by Crippen LogP contribution is -2.13. The monoisotopic (exact) mass is 301 g/mol. The molecule has 0 aliphatic heterocycles. The largest absolute Gasteiger partial charge is 0.387 e. The highest BCUT2D eigenvalue weighted by Gasteiger charge is 2.13. The molecule has 0 saturated carbocycles. The first-order valence-electron chi connectivity index (χ1n) is 5.80. The van der Waals surface area contributed by atoms with Gasteiger partial charge in [0.25, 0.3) is 0 Å². The normalized spacial score (nSPS) is 12.2. The first-order valence-corrected chi connectivity index (χ1v) is 6.17. The van der Waals surface area contributed by atoms with E-state index in [0.29, 0.717) is 22.7 Å². The lowest BCUT2D eigenvalue weighted by molar-refractivity contribution is 0.191. The lowest BCUT2D eigenvalue weighted by Gasteiger charge is -2.15. The van der Waals surface area contributed by atoms with Crippen molar-refractivity contribution in [2.45, 2.75) is 6.10 Å². The summed E-state index contributed by atoms with van der Waals surface area (Å²) in [4.78, 5) is 0. The number of rotatable bonds is 4. The molecule has 0 amide bonds. The minimum atomic E-state index is -1.26. The molecule has 0 aliphatic rings. The summed E-state index contributed by atoms with van der Waals surface area (Å²) in [6.45, 7) is -0.0915. The van der Waals surface area contributed by atoms with E-state index in [1.54, 1.807) is 24.3 Å². The standard InChI is InChI=1S/C14H11ClF3NO/c15-9-4-2-1-3-8(9)14(20)7-19-13-6-11(17)10(16)5-12(13)18/h1-6,14,19-20H,7H2. The van der Waals surface area contributed by atoms with Crippen LogP contribution < -0.4 is 5.32 Å². The number of aliphatic hydroxyl groups excluding tert-OH is 1. The number of halogens is 4. The highest BCUT2D eigenvalue weighted by molar-refractivity contribution is 6.31. The molecule has 2 N–H and O–H groups in total. The summed E-state index contributed by atoms with van der Waals surface area (Å²) in [5.41, 5.74) is 0.236. The van der Waals surface area contributed by atoms with Crippen molar-refractivity contribution in [3.8, 4) is 0 Å². The van der Waals surface area contributed by atoms with Crippen molar-refractivity contribution in [1.29, 1.82) is 0 Å². The minimum absolute atomic E-state index is 0.0915. The van der Waals surface area contributed by atoms with Gasteiger partial charge in [0.2, 0.25) is 0 Å². The molecule has 2 aromatic carbocycles. The van der Waals surface area contributed by atoms with Crippen molar-refractivity contribution < 1.29 is 18.3 Å². The van der Waals surface area contributed by atoms with Gasteiger partial charge in [-0.1, -0.05) is 29.8 Å². The van der Waals surface area contributed by atoms with Gasteiger partial charge in [-0.25, -0.2) is 13.2 Å². The zero-order valence-corrected chi connectivity index (χ0v) is 11.0. The summed E-state index contributed by atoms with van der Waals surface area (Å²) >= 11 is 5.91. The Morgan fingerprint density at radius 3 is 2.40 bits per heavy atom. The van der Waals surface area contributed by atoms with Crippen molar-refractivity contribution in [2.24, 2.45) is 0 Å². The van der Waals surface area contributed by atoms with E-state index < -0.39 is 23.6 Å². The molecular formula is C14H11ClF3NO. The topological polar surface area (TPSA) is 32.3 Å². The van der Waals surface area contributed by atoms with Gasteiger partial charge in [0.15, 0.2) is 11.6 Å². The molecule has 20 heavy (non-hydrogen) atoms. The Bertz CT molecular complexity index is 621. The second-order valence-corrected chi connectivity index (χ2v) is 4.57. The highest BCUT2D eigenvalue weighted by Crippen LogP contribution is 2.24. The minimum Gasteiger partial charge on any atom is -0.387 e. The van der Waals surface area contributed by atoms with Crippen LogP contribution in [0.1, 0.15) is 11.7 Å². The molecule has 1 unspecified atom stereocenters. The average molecular weight is 302 g/mol. The van der Waals surface area contributed by atoms with Crippen LogP contribution in [-0.2, 0) is 0 Å². The molecular weight excluding hydrogens is 291 g/mol. The van der Waals surface area contributed by atoms with Gasteiger partial charge in [-0.3, -0.25) is 0 Å². The molecule has 2 aromatic rings. The number of hydrogen-bond donors (Lipinski definition) is 2. The third-order valence-electron chi connectivity index (χ3n) is 2.76. The number of anilines is 1. The first-order chi connectivity index (χ1) is 9.49. The first kappa shape index (κ1) is 14.7. The fourth-order valence-electron chi connectivity index (χ4n) is 1.72. The number of aliphatic hydroxyl groups is 1.